The number of anilines is 1. The number of hydrogen-bond acceptors (Lipinski definition) is 8. The second-order valence-electron chi connectivity index (χ2n) is 10.6. The fourth-order valence-corrected chi connectivity index (χ4v) is 5.72. The second-order valence-corrected chi connectivity index (χ2v) is 11.0. The molecule has 42 heavy (non-hydrogen) atoms. The average molecular weight is 593 g/mol. The van der Waals surface area contributed by atoms with Gasteiger partial charge in [-0.15, -0.1) is 0 Å². The van der Waals surface area contributed by atoms with Crippen LogP contribution in [0.5, 0.6) is 5.75 Å². The molecule has 1 fully saturated rings. The van der Waals surface area contributed by atoms with Gasteiger partial charge in [-0.3, -0.25) is 9.59 Å². The number of benzene rings is 2. The summed E-state index contributed by atoms with van der Waals surface area (Å²) >= 11 is 6.54. The molecule has 0 aliphatic carbocycles. The standard InChI is InChI=1S/C31H37ClN6O4/c1-19(20-5-4-6-23(15-20)41-3)35-28(39)18-38-27(9-12-33-2)24-8-7-21(16-25(24)30(38)40)29-26(32)17-34-31(37-29)36-22-10-13-42-14-11-22/h4-8,15-17,19,22,27,33H,9-14,18H2,1-3H3,(H,35,39)(H,34,36,37). The van der Waals surface area contributed by atoms with Gasteiger partial charge in [0.2, 0.25) is 11.9 Å². The summed E-state index contributed by atoms with van der Waals surface area (Å²) in [4.78, 5) is 37.7. The third kappa shape index (κ3) is 6.67. The molecule has 1 saturated heterocycles. The van der Waals surface area contributed by atoms with Gasteiger partial charge in [0, 0.05) is 30.4 Å². The van der Waals surface area contributed by atoms with Gasteiger partial charge in [0.25, 0.3) is 5.91 Å². The van der Waals surface area contributed by atoms with Crippen molar-refractivity contribution in [2.45, 2.75) is 44.3 Å². The van der Waals surface area contributed by atoms with E-state index >= 15 is 0 Å². The van der Waals surface area contributed by atoms with Crippen LogP contribution in [0.25, 0.3) is 11.3 Å². The predicted octanol–water partition coefficient (Wildman–Crippen LogP) is 4.38. The highest BCUT2D eigenvalue weighted by Gasteiger charge is 2.38. The van der Waals surface area contributed by atoms with E-state index in [9.17, 15) is 9.59 Å². The molecule has 10 nitrogen and oxygen atoms in total. The van der Waals surface area contributed by atoms with Crippen molar-refractivity contribution in [2.75, 3.05) is 45.8 Å². The zero-order valence-electron chi connectivity index (χ0n) is 24.2. The molecular formula is C31H37ClN6O4. The maximum absolute atomic E-state index is 13.8. The molecule has 3 aromatic rings. The molecule has 1 aromatic heterocycles. The fourth-order valence-electron chi connectivity index (χ4n) is 5.52. The molecule has 2 unspecified atom stereocenters. The van der Waals surface area contributed by atoms with E-state index in [1.165, 1.54) is 0 Å². The first-order valence-corrected chi connectivity index (χ1v) is 14.7. The molecule has 0 bridgehead atoms. The normalized spacial score (nSPS) is 17.6. The Morgan fingerprint density at radius 3 is 2.79 bits per heavy atom. The lowest BCUT2D eigenvalue weighted by atomic mass is 9.98. The van der Waals surface area contributed by atoms with E-state index in [1.54, 1.807) is 18.2 Å². The lowest BCUT2D eigenvalue weighted by molar-refractivity contribution is -0.122. The Labute approximate surface area is 251 Å². The number of rotatable bonds is 11. The van der Waals surface area contributed by atoms with Crippen LogP contribution in [0.4, 0.5) is 5.95 Å². The minimum Gasteiger partial charge on any atom is -0.497 e. The molecule has 2 aromatic carbocycles. The molecule has 0 saturated carbocycles. The third-order valence-electron chi connectivity index (χ3n) is 7.80. The highest BCUT2D eigenvalue weighted by molar-refractivity contribution is 6.33. The van der Waals surface area contributed by atoms with Crippen molar-refractivity contribution in [3.05, 3.63) is 70.4 Å². The van der Waals surface area contributed by atoms with E-state index in [2.05, 4.69) is 20.9 Å². The molecule has 2 atom stereocenters. The van der Waals surface area contributed by atoms with Gasteiger partial charge >= 0.3 is 0 Å². The molecule has 5 rings (SSSR count). The summed E-state index contributed by atoms with van der Waals surface area (Å²) in [6.07, 6.45) is 4.01. The van der Waals surface area contributed by atoms with Crippen LogP contribution in [0, 0.1) is 0 Å². The maximum Gasteiger partial charge on any atom is 0.255 e. The number of halogens is 1. The van der Waals surface area contributed by atoms with Crippen molar-refractivity contribution in [1.29, 1.82) is 0 Å². The molecule has 2 aliphatic rings. The monoisotopic (exact) mass is 592 g/mol. The van der Waals surface area contributed by atoms with Crippen LogP contribution in [0.3, 0.4) is 0 Å². The number of fused-ring (bicyclic) bond motifs is 1. The van der Waals surface area contributed by atoms with Crippen LogP contribution in [-0.4, -0.2) is 73.2 Å². The van der Waals surface area contributed by atoms with Gasteiger partial charge in [0.1, 0.15) is 12.3 Å². The molecule has 0 radical (unpaired) electrons. The predicted molar refractivity (Wildman–Crippen MR) is 162 cm³/mol. The number of amides is 2. The van der Waals surface area contributed by atoms with Gasteiger partial charge in [-0.1, -0.05) is 35.9 Å². The molecule has 3 heterocycles. The Morgan fingerprint density at radius 1 is 1.21 bits per heavy atom. The topological polar surface area (TPSA) is 118 Å². The number of methoxy groups -OCH3 is 1. The van der Waals surface area contributed by atoms with Crippen LogP contribution < -0.4 is 20.7 Å². The van der Waals surface area contributed by atoms with E-state index in [0.29, 0.717) is 48.4 Å². The van der Waals surface area contributed by atoms with Crippen LogP contribution in [-0.2, 0) is 9.53 Å². The molecule has 2 amide bonds. The summed E-state index contributed by atoms with van der Waals surface area (Å²) < 4.78 is 10.8. The van der Waals surface area contributed by atoms with Gasteiger partial charge in [0.05, 0.1) is 36.1 Å². The van der Waals surface area contributed by atoms with Crippen molar-refractivity contribution in [3.8, 4) is 17.0 Å². The van der Waals surface area contributed by atoms with E-state index in [-0.39, 0.29) is 36.5 Å². The molecule has 222 valence electrons. The van der Waals surface area contributed by atoms with Gasteiger partial charge < -0.3 is 30.3 Å². The number of nitrogens with zero attached hydrogens (tertiary/aromatic N) is 3. The highest BCUT2D eigenvalue weighted by Crippen LogP contribution is 2.38. The van der Waals surface area contributed by atoms with Crippen LogP contribution in [0.15, 0.2) is 48.7 Å². The Morgan fingerprint density at radius 2 is 2.02 bits per heavy atom. The van der Waals surface area contributed by atoms with Gasteiger partial charge in [-0.25, -0.2) is 9.97 Å². The maximum atomic E-state index is 13.8. The minimum absolute atomic E-state index is 0.0566. The largest absolute Gasteiger partial charge is 0.497 e. The molecule has 0 spiro atoms. The molecule has 2 aliphatic heterocycles. The number of aromatic nitrogens is 2. The lowest BCUT2D eigenvalue weighted by Gasteiger charge is -2.26. The summed E-state index contributed by atoms with van der Waals surface area (Å²) in [6.45, 7) is 3.95. The number of hydrogen-bond donors (Lipinski definition) is 3. The summed E-state index contributed by atoms with van der Waals surface area (Å²) in [7, 11) is 3.48. The first-order chi connectivity index (χ1) is 20.4. The molecule has 3 N–H and O–H groups in total. The number of nitrogens with one attached hydrogen (secondary N) is 3. The third-order valence-corrected chi connectivity index (χ3v) is 8.08. The zero-order chi connectivity index (χ0) is 29.6. The van der Waals surface area contributed by atoms with Crippen molar-refractivity contribution in [1.82, 2.24) is 25.5 Å². The van der Waals surface area contributed by atoms with Crippen LogP contribution in [0.1, 0.15) is 59.8 Å². The van der Waals surface area contributed by atoms with Crippen molar-refractivity contribution in [2.24, 2.45) is 0 Å². The van der Waals surface area contributed by atoms with Crippen molar-refractivity contribution in [3.63, 3.8) is 0 Å². The summed E-state index contributed by atoms with van der Waals surface area (Å²) in [5.74, 6) is 0.784. The van der Waals surface area contributed by atoms with Gasteiger partial charge in [-0.2, -0.15) is 0 Å². The molecular weight excluding hydrogens is 556 g/mol. The summed E-state index contributed by atoms with van der Waals surface area (Å²) in [5, 5.41) is 9.97. The van der Waals surface area contributed by atoms with Crippen LogP contribution in [0.2, 0.25) is 5.02 Å². The first-order valence-electron chi connectivity index (χ1n) is 14.3. The quantitative estimate of drug-likeness (QED) is 0.300. The Balaban J connectivity index is 1.35. The first kappa shape index (κ1) is 29.8. The van der Waals surface area contributed by atoms with E-state index < -0.39 is 0 Å². The average Bonchev–Trinajstić information content (AvgIpc) is 3.26. The number of carbonyl (C=O) groups excluding carboxylic acids is 2. The lowest BCUT2D eigenvalue weighted by Crippen LogP contribution is -2.40. The Bertz CT molecular complexity index is 1430. The Hall–Kier alpha value is -3.73. The van der Waals surface area contributed by atoms with Crippen LogP contribution >= 0.6 is 11.6 Å². The zero-order valence-corrected chi connectivity index (χ0v) is 24.9. The van der Waals surface area contributed by atoms with Crippen molar-refractivity contribution < 1.29 is 19.1 Å². The Kier molecular flexibility index (Phi) is 9.56. The summed E-state index contributed by atoms with van der Waals surface area (Å²) in [6, 6.07) is 13.0. The van der Waals surface area contributed by atoms with Gasteiger partial charge in [-0.05, 0) is 69.1 Å². The molecule has 11 heteroatoms. The second kappa shape index (κ2) is 13.5. The number of ether oxygens (including phenoxy) is 2. The van der Waals surface area contributed by atoms with Crippen molar-refractivity contribution >= 4 is 29.4 Å². The smallest absolute Gasteiger partial charge is 0.255 e. The van der Waals surface area contributed by atoms with E-state index in [0.717, 1.165) is 35.3 Å². The minimum atomic E-state index is -0.251. The fraction of sp³-hybridized carbons (Fsp3) is 0.419. The summed E-state index contributed by atoms with van der Waals surface area (Å²) in [5.41, 5.74) is 3.62. The van der Waals surface area contributed by atoms with E-state index in [1.807, 2.05) is 56.4 Å². The number of carbonyl (C=O) groups is 2. The van der Waals surface area contributed by atoms with Gasteiger partial charge in [0.15, 0.2) is 0 Å². The SMILES string of the molecule is CNCCC1c2ccc(-c3nc(NC4CCOCC4)ncc3Cl)cc2C(=O)N1CC(=O)NC(C)c1cccc(OC)c1. The van der Waals surface area contributed by atoms with E-state index in [4.69, 9.17) is 26.1 Å². The highest BCUT2D eigenvalue weighted by atomic mass is 35.5.